The van der Waals surface area contributed by atoms with Crippen LogP contribution in [-0.4, -0.2) is 0 Å². The number of hydrogen-bond donors (Lipinski definition) is 1. The van der Waals surface area contributed by atoms with Gasteiger partial charge in [0.15, 0.2) is 0 Å². The van der Waals surface area contributed by atoms with E-state index in [1.54, 1.807) is 12.1 Å². The Morgan fingerprint density at radius 2 is 1.89 bits per heavy atom. The van der Waals surface area contributed by atoms with Gasteiger partial charge >= 0.3 is 0 Å². The van der Waals surface area contributed by atoms with Crippen LogP contribution in [0.25, 0.3) is 0 Å². The van der Waals surface area contributed by atoms with E-state index >= 15 is 0 Å². The van der Waals surface area contributed by atoms with Gasteiger partial charge in [0.25, 0.3) is 0 Å². The van der Waals surface area contributed by atoms with Crippen molar-refractivity contribution >= 4 is 17.3 Å². The van der Waals surface area contributed by atoms with Gasteiger partial charge in [-0.1, -0.05) is 55.3 Å². The molecule has 2 aromatic rings. The summed E-state index contributed by atoms with van der Waals surface area (Å²) in [5, 5.41) is 3.52. The first-order valence-electron chi connectivity index (χ1n) is 6.47. The summed E-state index contributed by atoms with van der Waals surface area (Å²) in [6.07, 6.45) is 2.05. The molecule has 0 bridgehead atoms. The first kappa shape index (κ1) is 13.9. The van der Waals surface area contributed by atoms with Crippen LogP contribution in [0.4, 0.5) is 10.1 Å². The second kappa shape index (κ2) is 6.58. The summed E-state index contributed by atoms with van der Waals surface area (Å²) in [5.41, 5.74) is 1.96. The molecule has 0 aliphatic rings. The fraction of sp³-hybridized carbons (Fsp3) is 0.250. The number of halogens is 2. The molecule has 1 unspecified atom stereocenters. The summed E-state index contributed by atoms with van der Waals surface area (Å²) in [5.74, 6) is -0.394. The Balaban J connectivity index is 2.19. The van der Waals surface area contributed by atoms with Gasteiger partial charge in [0.05, 0.1) is 11.1 Å². The lowest BCUT2D eigenvalue weighted by Gasteiger charge is -2.20. The molecule has 0 aliphatic carbocycles. The van der Waals surface area contributed by atoms with Crippen LogP contribution in [0.15, 0.2) is 48.5 Å². The Kier molecular flexibility index (Phi) is 4.80. The summed E-state index contributed by atoms with van der Waals surface area (Å²) in [6, 6.07) is 15.2. The van der Waals surface area contributed by atoms with Crippen LogP contribution in [0.5, 0.6) is 0 Å². The van der Waals surface area contributed by atoms with Crippen molar-refractivity contribution in [1.82, 2.24) is 0 Å². The highest BCUT2D eigenvalue weighted by atomic mass is 35.5. The highest BCUT2D eigenvalue weighted by Crippen LogP contribution is 2.26. The van der Waals surface area contributed by atoms with Crippen LogP contribution in [0.2, 0.25) is 5.02 Å². The first-order valence-corrected chi connectivity index (χ1v) is 6.85. The van der Waals surface area contributed by atoms with Gasteiger partial charge in [-0.2, -0.15) is 0 Å². The van der Waals surface area contributed by atoms with Crippen molar-refractivity contribution in [3.05, 3.63) is 64.9 Å². The lowest BCUT2D eigenvalue weighted by atomic mass is 10.0. The lowest BCUT2D eigenvalue weighted by Crippen LogP contribution is -2.10. The van der Waals surface area contributed by atoms with Crippen LogP contribution in [0.1, 0.15) is 31.4 Å². The number of hydrogen-bond acceptors (Lipinski definition) is 1. The molecule has 0 saturated heterocycles. The van der Waals surface area contributed by atoms with Crippen molar-refractivity contribution in [2.75, 3.05) is 5.32 Å². The minimum absolute atomic E-state index is 0.150. The molecule has 1 nitrogen and oxygen atoms in total. The number of rotatable bonds is 5. The zero-order valence-electron chi connectivity index (χ0n) is 10.9. The van der Waals surface area contributed by atoms with E-state index in [0.717, 1.165) is 18.5 Å². The van der Waals surface area contributed by atoms with Gasteiger partial charge in [-0.25, -0.2) is 4.39 Å². The van der Waals surface area contributed by atoms with Crippen LogP contribution < -0.4 is 5.32 Å². The Bertz CT molecular complexity index is 528. The number of nitrogens with one attached hydrogen (secondary N) is 1. The third-order valence-corrected chi connectivity index (χ3v) is 3.35. The zero-order chi connectivity index (χ0) is 13.7. The largest absolute Gasteiger partial charge is 0.378 e. The summed E-state index contributed by atoms with van der Waals surface area (Å²) in [6.45, 7) is 2.14. The van der Waals surface area contributed by atoms with Crippen molar-refractivity contribution in [2.45, 2.75) is 25.8 Å². The smallest absolute Gasteiger partial charge is 0.143 e. The molecule has 1 N–H and O–H groups in total. The monoisotopic (exact) mass is 277 g/mol. The fourth-order valence-electron chi connectivity index (χ4n) is 2.08. The van der Waals surface area contributed by atoms with Crippen LogP contribution in [0.3, 0.4) is 0 Å². The minimum Gasteiger partial charge on any atom is -0.378 e. The van der Waals surface area contributed by atoms with E-state index in [1.165, 1.54) is 11.6 Å². The van der Waals surface area contributed by atoms with Crippen molar-refractivity contribution in [2.24, 2.45) is 0 Å². The average molecular weight is 278 g/mol. The highest BCUT2D eigenvalue weighted by molar-refractivity contribution is 6.30. The van der Waals surface area contributed by atoms with Crippen molar-refractivity contribution in [3.8, 4) is 0 Å². The van der Waals surface area contributed by atoms with Crippen LogP contribution in [-0.2, 0) is 0 Å². The van der Waals surface area contributed by atoms with Gasteiger partial charge in [-0.05, 0) is 30.2 Å². The maximum Gasteiger partial charge on any atom is 0.143 e. The van der Waals surface area contributed by atoms with E-state index in [1.807, 2.05) is 18.2 Å². The van der Waals surface area contributed by atoms with Crippen molar-refractivity contribution < 1.29 is 4.39 Å². The summed E-state index contributed by atoms with van der Waals surface area (Å²) in [7, 11) is 0. The SMILES string of the molecule is CCCC(Nc1ccc(Cl)c(F)c1)c1ccccc1. The van der Waals surface area contributed by atoms with Gasteiger partial charge < -0.3 is 5.32 Å². The second-order valence-corrected chi connectivity index (χ2v) is 4.93. The topological polar surface area (TPSA) is 12.0 Å². The van der Waals surface area contributed by atoms with Crippen LogP contribution in [0, 0.1) is 5.82 Å². The minimum atomic E-state index is -0.394. The van der Waals surface area contributed by atoms with E-state index in [9.17, 15) is 4.39 Å². The predicted molar refractivity (Wildman–Crippen MR) is 79.1 cm³/mol. The molecule has 2 rings (SSSR count). The molecule has 0 radical (unpaired) electrons. The molecule has 0 saturated carbocycles. The molecule has 0 aliphatic heterocycles. The quantitative estimate of drug-likeness (QED) is 0.768. The molecule has 3 heteroatoms. The van der Waals surface area contributed by atoms with Gasteiger partial charge in [0, 0.05) is 5.69 Å². The molecule has 19 heavy (non-hydrogen) atoms. The van der Waals surface area contributed by atoms with Crippen LogP contribution >= 0.6 is 11.6 Å². The summed E-state index contributed by atoms with van der Waals surface area (Å²) >= 11 is 5.69. The maximum atomic E-state index is 13.4. The molecule has 2 aromatic carbocycles. The van der Waals surface area contributed by atoms with E-state index in [2.05, 4.69) is 24.4 Å². The molecule has 0 heterocycles. The number of benzene rings is 2. The standard InChI is InChI=1S/C16H17ClFN/c1-2-6-16(12-7-4-3-5-8-12)19-13-9-10-14(17)15(18)11-13/h3-5,7-11,16,19H,2,6H2,1H3. The summed E-state index contributed by atoms with van der Waals surface area (Å²) < 4.78 is 13.4. The highest BCUT2D eigenvalue weighted by Gasteiger charge is 2.11. The van der Waals surface area contributed by atoms with Gasteiger partial charge in [0.2, 0.25) is 0 Å². The molecular formula is C16H17ClFN. The lowest BCUT2D eigenvalue weighted by molar-refractivity contribution is 0.626. The molecular weight excluding hydrogens is 261 g/mol. The average Bonchev–Trinajstić information content (AvgIpc) is 2.43. The van der Waals surface area contributed by atoms with E-state index in [0.29, 0.717) is 0 Å². The Labute approximate surface area is 118 Å². The number of anilines is 1. The van der Waals surface area contributed by atoms with Gasteiger partial charge in [-0.15, -0.1) is 0 Å². The predicted octanol–water partition coefficient (Wildman–Crippen LogP) is 5.43. The van der Waals surface area contributed by atoms with E-state index in [4.69, 9.17) is 11.6 Å². The second-order valence-electron chi connectivity index (χ2n) is 4.53. The maximum absolute atomic E-state index is 13.4. The summed E-state index contributed by atoms with van der Waals surface area (Å²) in [4.78, 5) is 0. The Hall–Kier alpha value is -1.54. The van der Waals surface area contributed by atoms with Gasteiger partial charge in [0.1, 0.15) is 5.82 Å². The first-order chi connectivity index (χ1) is 9.20. The zero-order valence-corrected chi connectivity index (χ0v) is 11.6. The molecule has 100 valence electrons. The normalized spacial score (nSPS) is 12.2. The molecule has 0 spiro atoms. The van der Waals surface area contributed by atoms with E-state index < -0.39 is 5.82 Å². The fourth-order valence-corrected chi connectivity index (χ4v) is 2.20. The van der Waals surface area contributed by atoms with E-state index in [-0.39, 0.29) is 11.1 Å². The van der Waals surface area contributed by atoms with Crippen molar-refractivity contribution in [3.63, 3.8) is 0 Å². The third kappa shape index (κ3) is 3.71. The van der Waals surface area contributed by atoms with Crippen molar-refractivity contribution in [1.29, 1.82) is 0 Å². The molecule has 0 amide bonds. The Morgan fingerprint density at radius 3 is 2.53 bits per heavy atom. The third-order valence-electron chi connectivity index (χ3n) is 3.04. The molecule has 0 aromatic heterocycles. The van der Waals surface area contributed by atoms with Gasteiger partial charge in [-0.3, -0.25) is 0 Å². The molecule has 1 atom stereocenters. The Morgan fingerprint density at radius 1 is 1.16 bits per heavy atom. The molecule has 0 fully saturated rings.